The molecule has 1 heterocycles. The Morgan fingerprint density at radius 2 is 2.25 bits per heavy atom. The Bertz CT molecular complexity index is 680. The van der Waals surface area contributed by atoms with E-state index in [2.05, 4.69) is 10.3 Å². The fourth-order valence-electron chi connectivity index (χ4n) is 2.25. The van der Waals surface area contributed by atoms with Crippen molar-refractivity contribution in [3.63, 3.8) is 0 Å². The number of hydrogen-bond donors (Lipinski definition) is 1. The van der Waals surface area contributed by atoms with Gasteiger partial charge in [-0.3, -0.25) is 10.1 Å². The van der Waals surface area contributed by atoms with Crippen LogP contribution in [0.4, 0.5) is 11.5 Å². The van der Waals surface area contributed by atoms with Gasteiger partial charge >= 0.3 is 0 Å². The molecule has 8 heteroatoms. The van der Waals surface area contributed by atoms with Crippen molar-refractivity contribution in [3.8, 4) is 0 Å². The van der Waals surface area contributed by atoms with E-state index >= 15 is 0 Å². The molecule has 0 unspecified atom stereocenters. The quantitative estimate of drug-likeness (QED) is 0.689. The van der Waals surface area contributed by atoms with Gasteiger partial charge in [-0.05, 0) is 18.9 Å². The SMILES string of the molecule is Nc1nnn(Cc2c(Cl)cccc2[N+](=O)[O-])c1C1CC1. The van der Waals surface area contributed by atoms with Crippen LogP contribution in [0.1, 0.15) is 30.0 Å². The first-order valence-electron chi connectivity index (χ1n) is 6.18. The van der Waals surface area contributed by atoms with Crippen molar-refractivity contribution in [2.75, 3.05) is 5.73 Å². The van der Waals surface area contributed by atoms with Crippen LogP contribution < -0.4 is 5.73 Å². The fraction of sp³-hybridized carbons (Fsp3) is 0.333. The summed E-state index contributed by atoms with van der Waals surface area (Å²) in [5, 5.41) is 19.3. The van der Waals surface area contributed by atoms with Crippen molar-refractivity contribution in [1.82, 2.24) is 15.0 Å². The lowest BCUT2D eigenvalue weighted by Crippen LogP contribution is -2.09. The van der Waals surface area contributed by atoms with Gasteiger partial charge in [0.25, 0.3) is 5.69 Å². The fourth-order valence-corrected chi connectivity index (χ4v) is 2.48. The zero-order chi connectivity index (χ0) is 14.3. The van der Waals surface area contributed by atoms with Gasteiger partial charge < -0.3 is 5.73 Å². The summed E-state index contributed by atoms with van der Waals surface area (Å²) >= 11 is 6.08. The highest BCUT2D eigenvalue weighted by Crippen LogP contribution is 2.42. The van der Waals surface area contributed by atoms with Gasteiger partial charge in [0.1, 0.15) is 0 Å². The number of nitro groups is 1. The number of anilines is 1. The number of hydrogen-bond acceptors (Lipinski definition) is 5. The number of nitro benzene ring substituents is 1. The zero-order valence-corrected chi connectivity index (χ0v) is 11.2. The van der Waals surface area contributed by atoms with Crippen LogP contribution in [0.25, 0.3) is 0 Å². The maximum atomic E-state index is 11.1. The maximum absolute atomic E-state index is 11.1. The summed E-state index contributed by atoms with van der Waals surface area (Å²) in [7, 11) is 0. The lowest BCUT2D eigenvalue weighted by Gasteiger charge is -2.08. The molecule has 3 rings (SSSR count). The largest absolute Gasteiger partial charge is 0.381 e. The molecule has 0 radical (unpaired) electrons. The third-order valence-electron chi connectivity index (χ3n) is 3.36. The Morgan fingerprint density at radius 1 is 1.50 bits per heavy atom. The second kappa shape index (κ2) is 4.75. The molecule has 2 aromatic rings. The van der Waals surface area contributed by atoms with E-state index < -0.39 is 4.92 Å². The minimum atomic E-state index is -0.446. The maximum Gasteiger partial charge on any atom is 0.275 e. The lowest BCUT2D eigenvalue weighted by atomic mass is 10.1. The first-order chi connectivity index (χ1) is 9.58. The molecule has 0 amide bonds. The Morgan fingerprint density at radius 3 is 2.90 bits per heavy atom. The Hall–Kier alpha value is -2.15. The minimum Gasteiger partial charge on any atom is -0.381 e. The second-order valence-electron chi connectivity index (χ2n) is 4.79. The molecule has 1 aliphatic rings. The summed E-state index contributed by atoms with van der Waals surface area (Å²) in [6.45, 7) is 0.200. The second-order valence-corrected chi connectivity index (χ2v) is 5.19. The third-order valence-corrected chi connectivity index (χ3v) is 3.72. The standard InChI is InChI=1S/C12H12ClN5O2/c13-9-2-1-3-10(18(19)20)8(9)6-17-11(7-4-5-7)12(14)15-16-17/h1-3,7H,4-6,14H2. The molecule has 0 aliphatic heterocycles. The van der Waals surface area contributed by atoms with Crippen molar-refractivity contribution in [1.29, 1.82) is 0 Å². The van der Waals surface area contributed by atoms with Crippen molar-refractivity contribution in [2.24, 2.45) is 0 Å². The Balaban J connectivity index is 2.01. The van der Waals surface area contributed by atoms with E-state index in [1.54, 1.807) is 16.8 Å². The van der Waals surface area contributed by atoms with Crippen LogP contribution in [0.15, 0.2) is 18.2 Å². The Kier molecular flexibility index (Phi) is 3.06. The molecule has 0 bridgehead atoms. The normalized spacial score (nSPS) is 14.4. The van der Waals surface area contributed by atoms with Crippen LogP contribution in [0.2, 0.25) is 5.02 Å². The molecule has 104 valence electrons. The van der Waals surface area contributed by atoms with Gasteiger partial charge in [-0.1, -0.05) is 22.9 Å². The van der Waals surface area contributed by atoms with Gasteiger partial charge in [-0.15, -0.1) is 5.10 Å². The minimum absolute atomic E-state index is 0.0201. The molecule has 0 saturated heterocycles. The van der Waals surface area contributed by atoms with Crippen LogP contribution in [0, 0.1) is 10.1 Å². The van der Waals surface area contributed by atoms with E-state index in [9.17, 15) is 10.1 Å². The van der Waals surface area contributed by atoms with Gasteiger partial charge in [-0.25, -0.2) is 4.68 Å². The predicted octanol–water partition coefficient (Wildman–Crippen LogP) is 2.35. The summed E-state index contributed by atoms with van der Waals surface area (Å²) in [4.78, 5) is 10.6. The molecule has 0 spiro atoms. The van der Waals surface area contributed by atoms with Crippen LogP contribution in [0.3, 0.4) is 0 Å². The first-order valence-corrected chi connectivity index (χ1v) is 6.56. The molecule has 20 heavy (non-hydrogen) atoms. The molecule has 1 saturated carbocycles. The average Bonchev–Trinajstić information content (AvgIpc) is 3.17. The highest BCUT2D eigenvalue weighted by molar-refractivity contribution is 6.31. The van der Waals surface area contributed by atoms with E-state index in [1.807, 2.05) is 0 Å². The number of nitrogens with zero attached hydrogens (tertiary/aromatic N) is 4. The molecule has 0 atom stereocenters. The van der Waals surface area contributed by atoms with Gasteiger partial charge in [0, 0.05) is 12.0 Å². The van der Waals surface area contributed by atoms with Crippen LogP contribution >= 0.6 is 11.6 Å². The highest BCUT2D eigenvalue weighted by atomic mass is 35.5. The van der Waals surface area contributed by atoms with E-state index in [0.29, 0.717) is 22.3 Å². The Labute approximate surface area is 119 Å². The highest BCUT2D eigenvalue weighted by Gasteiger charge is 2.31. The molecule has 2 N–H and O–H groups in total. The third kappa shape index (κ3) is 2.20. The average molecular weight is 294 g/mol. The van der Waals surface area contributed by atoms with Gasteiger partial charge in [0.05, 0.1) is 27.7 Å². The summed E-state index contributed by atoms with van der Waals surface area (Å²) in [5.41, 5.74) is 7.06. The van der Waals surface area contributed by atoms with Crippen LogP contribution in [-0.4, -0.2) is 19.9 Å². The molecular weight excluding hydrogens is 282 g/mol. The molecule has 1 fully saturated rings. The van der Waals surface area contributed by atoms with E-state index in [4.69, 9.17) is 17.3 Å². The lowest BCUT2D eigenvalue weighted by molar-refractivity contribution is -0.385. The number of benzene rings is 1. The molecule has 1 aromatic heterocycles. The number of rotatable bonds is 4. The number of nitrogens with two attached hydrogens (primary N) is 1. The summed E-state index contributed by atoms with van der Waals surface area (Å²) < 4.78 is 1.61. The number of aromatic nitrogens is 3. The summed E-state index contributed by atoms with van der Waals surface area (Å²) in [5.74, 6) is 0.744. The summed E-state index contributed by atoms with van der Waals surface area (Å²) in [6.07, 6.45) is 2.09. The van der Waals surface area contributed by atoms with E-state index in [0.717, 1.165) is 18.5 Å². The van der Waals surface area contributed by atoms with Crippen LogP contribution in [-0.2, 0) is 6.54 Å². The molecule has 1 aromatic carbocycles. The molecular formula is C12H12ClN5O2. The first kappa shape index (κ1) is 12.9. The predicted molar refractivity (Wildman–Crippen MR) is 73.6 cm³/mol. The van der Waals surface area contributed by atoms with Crippen molar-refractivity contribution < 1.29 is 4.92 Å². The van der Waals surface area contributed by atoms with E-state index in [1.165, 1.54) is 6.07 Å². The zero-order valence-electron chi connectivity index (χ0n) is 10.5. The molecule has 1 aliphatic carbocycles. The monoisotopic (exact) mass is 293 g/mol. The van der Waals surface area contributed by atoms with E-state index in [-0.39, 0.29) is 12.2 Å². The number of nitrogen functional groups attached to an aromatic ring is 1. The summed E-state index contributed by atoms with van der Waals surface area (Å²) in [6, 6.07) is 4.61. The van der Waals surface area contributed by atoms with Crippen LogP contribution in [0.5, 0.6) is 0 Å². The smallest absolute Gasteiger partial charge is 0.275 e. The molecule has 7 nitrogen and oxygen atoms in total. The van der Waals surface area contributed by atoms with Crippen molar-refractivity contribution in [2.45, 2.75) is 25.3 Å². The van der Waals surface area contributed by atoms with Gasteiger partial charge in [0.15, 0.2) is 5.82 Å². The van der Waals surface area contributed by atoms with Crippen molar-refractivity contribution >= 4 is 23.1 Å². The van der Waals surface area contributed by atoms with Gasteiger partial charge in [-0.2, -0.15) is 0 Å². The van der Waals surface area contributed by atoms with Crippen molar-refractivity contribution in [3.05, 3.63) is 44.6 Å². The van der Waals surface area contributed by atoms with Gasteiger partial charge in [0.2, 0.25) is 0 Å². The topological polar surface area (TPSA) is 99.9 Å². The number of halogens is 1.